The van der Waals surface area contributed by atoms with Gasteiger partial charge in [0, 0.05) is 34.6 Å². The zero-order valence-electron chi connectivity index (χ0n) is 15.1. The quantitative estimate of drug-likeness (QED) is 0.500. The van der Waals surface area contributed by atoms with Gasteiger partial charge in [-0.15, -0.1) is 11.3 Å². The van der Waals surface area contributed by atoms with Gasteiger partial charge in [-0.2, -0.15) is 0 Å². The number of carbonyl (C=O) groups excluding carboxylic acids is 1. The van der Waals surface area contributed by atoms with Gasteiger partial charge in [-0.3, -0.25) is 4.79 Å². The van der Waals surface area contributed by atoms with E-state index in [4.69, 9.17) is 32.7 Å². The second-order valence-corrected chi connectivity index (χ2v) is 7.51. The summed E-state index contributed by atoms with van der Waals surface area (Å²) in [6.07, 6.45) is 0. The highest BCUT2D eigenvalue weighted by molar-refractivity contribution is 7.13. The third-order valence-corrected chi connectivity index (χ3v) is 5.31. The number of amides is 1. The van der Waals surface area contributed by atoms with E-state index in [1.165, 1.54) is 11.3 Å². The Kier molecular flexibility index (Phi) is 7.28. The maximum absolute atomic E-state index is 12.1. The molecule has 0 aliphatic heterocycles. The Balaban J connectivity index is 1.74. The Morgan fingerprint density at radius 1 is 1.21 bits per heavy atom. The van der Waals surface area contributed by atoms with Crippen LogP contribution in [0.15, 0.2) is 47.8 Å². The van der Waals surface area contributed by atoms with Crippen molar-refractivity contribution in [3.05, 3.63) is 69.1 Å². The lowest BCUT2D eigenvalue weighted by molar-refractivity contribution is 0.0933. The van der Waals surface area contributed by atoms with Gasteiger partial charge in [0.1, 0.15) is 23.1 Å². The topological polar surface area (TPSA) is 60.5 Å². The molecule has 1 amide bonds. The van der Waals surface area contributed by atoms with Crippen LogP contribution in [0.25, 0.3) is 10.6 Å². The number of methoxy groups -OCH3 is 1. The summed E-state index contributed by atoms with van der Waals surface area (Å²) in [7, 11) is 1.58. The van der Waals surface area contributed by atoms with E-state index in [1.54, 1.807) is 24.6 Å². The van der Waals surface area contributed by atoms with Crippen LogP contribution in [0.3, 0.4) is 0 Å². The molecule has 0 saturated heterocycles. The van der Waals surface area contributed by atoms with Crippen LogP contribution in [-0.2, 0) is 11.3 Å². The molecule has 5 nitrogen and oxygen atoms in total. The van der Waals surface area contributed by atoms with E-state index >= 15 is 0 Å². The third-order valence-electron chi connectivity index (χ3n) is 3.84. The summed E-state index contributed by atoms with van der Waals surface area (Å²) in [6, 6.07) is 12.8. The number of ether oxygens (including phenoxy) is 2. The van der Waals surface area contributed by atoms with Crippen molar-refractivity contribution in [2.75, 3.05) is 20.3 Å². The van der Waals surface area contributed by atoms with E-state index in [-0.39, 0.29) is 5.91 Å². The van der Waals surface area contributed by atoms with Crippen molar-refractivity contribution in [3.63, 3.8) is 0 Å². The molecule has 8 heteroatoms. The number of aromatic nitrogens is 1. The molecule has 1 heterocycles. The Labute approximate surface area is 177 Å². The first-order valence-electron chi connectivity index (χ1n) is 8.47. The van der Waals surface area contributed by atoms with Crippen molar-refractivity contribution in [2.45, 2.75) is 6.61 Å². The van der Waals surface area contributed by atoms with Gasteiger partial charge in [-0.25, -0.2) is 4.98 Å². The Bertz CT molecular complexity index is 962. The number of para-hydroxylation sites is 1. The second kappa shape index (κ2) is 9.89. The number of carbonyl (C=O) groups is 1. The summed E-state index contributed by atoms with van der Waals surface area (Å²) in [5, 5.41) is 6.32. The SMILES string of the molecule is COCCNC(=O)c1csc(-c2ccccc2OCc2ccc(Cl)cc2Cl)n1. The monoisotopic (exact) mass is 436 g/mol. The maximum atomic E-state index is 12.1. The molecular formula is C20H18Cl2N2O3S. The highest BCUT2D eigenvalue weighted by Crippen LogP contribution is 2.33. The van der Waals surface area contributed by atoms with Crippen molar-refractivity contribution in [2.24, 2.45) is 0 Å². The number of halogens is 2. The highest BCUT2D eigenvalue weighted by atomic mass is 35.5. The number of hydrogen-bond acceptors (Lipinski definition) is 5. The van der Waals surface area contributed by atoms with E-state index < -0.39 is 0 Å². The molecule has 3 aromatic rings. The first kappa shape index (κ1) is 20.6. The van der Waals surface area contributed by atoms with Crippen LogP contribution in [0.5, 0.6) is 5.75 Å². The molecule has 1 aromatic heterocycles. The maximum Gasteiger partial charge on any atom is 0.270 e. The van der Waals surface area contributed by atoms with Gasteiger partial charge in [0.05, 0.1) is 12.2 Å². The van der Waals surface area contributed by atoms with Crippen molar-refractivity contribution in [1.29, 1.82) is 0 Å². The average Bonchev–Trinajstić information content (AvgIpc) is 3.18. The minimum absolute atomic E-state index is 0.231. The number of rotatable bonds is 8. The van der Waals surface area contributed by atoms with Crippen LogP contribution in [0.2, 0.25) is 10.0 Å². The summed E-state index contributed by atoms with van der Waals surface area (Å²) >= 11 is 13.5. The predicted molar refractivity (Wildman–Crippen MR) is 113 cm³/mol. The zero-order chi connectivity index (χ0) is 19.9. The number of benzene rings is 2. The first-order chi connectivity index (χ1) is 13.6. The minimum Gasteiger partial charge on any atom is -0.488 e. The molecular weight excluding hydrogens is 419 g/mol. The zero-order valence-corrected chi connectivity index (χ0v) is 17.4. The molecule has 0 spiro atoms. The van der Waals surface area contributed by atoms with Gasteiger partial charge in [0.2, 0.25) is 0 Å². The van der Waals surface area contributed by atoms with Crippen molar-refractivity contribution >= 4 is 40.4 Å². The predicted octanol–water partition coefficient (Wildman–Crippen LogP) is 5.07. The van der Waals surface area contributed by atoms with E-state index in [0.29, 0.717) is 46.3 Å². The number of thiazole rings is 1. The van der Waals surface area contributed by atoms with Gasteiger partial charge >= 0.3 is 0 Å². The fourth-order valence-corrected chi connectivity index (χ4v) is 3.72. The van der Waals surface area contributed by atoms with Gasteiger partial charge in [0.15, 0.2) is 0 Å². The van der Waals surface area contributed by atoms with E-state index in [9.17, 15) is 4.79 Å². The Morgan fingerprint density at radius 3 is 2.82 bits per heavy atom. The van der Waals surface area contributed by atoms with Gasteiger partial charge in [-0.1, -0.05) is 41.4 Å². The smallest absolute Gasteiger partial charge is 0.270 e. The largest absolute Gasteiger partial charge is 0.488 e. The summed E-state index contributed by atoms with van der Waals surface area (Å²) in [4.78, 5) is 16.6. The van der Waals surface area contributed by atoms with Gasteiger partial charge in [-0.05, 0) is 24.3 Å². The van der Waals surface area contributed by atoms with Crippen molar-refractivity contribution < 1.29 is 14.3 Å². The lowest BCUT2D eigenvalue weighted by Gasteiger charge is -2.11. The molecule has 0 fully saturated rings. The molecule has 28 heavy (non-hydrogen) atoms. The first-order valence-corrected chi connectivity index (χ1v) is 10.1. The molecule has 0 saturated carbocycles. The molecule has 1 N–H and O–H groups in total. The minimum atomic E-state index is -0.231. The molecule has 3 rings (SSSR count). The molecule has 2 aromatic carbocycles. The lowest BCUT2D eigenvalue weighted by atomic mass is 10.2. The average molecular weight is 437 g/mol. The second-order valence-electron chi connectivity index (χ2n) is 5.81. The van der Waals surface area contributed by atoms with E-state index in [2.05, 4.69) is 10.3 Å². The molecule has 0 aliphatic rings. The van der Waals surface area contributed by atoms with E-state index in [1.807, 2.05) is 30.3 Å². The van der Waals surface area contributed by atoms with Crippen LogP contribution in [0, 0.1) is 0 Å². The lowest BCUT2D eigenvalue weighted by Crippen LogP contribution is -2.27. The molecule has 0 atom stereocenters. The Hall–Kier alpha value is -2.12. The summed E-state index contributed by atoms with van der Waals surface area (Å²) in [5.74, 6) is 0.431. The standard InChI is InChI=1S/C20H18Cl2N2O3S/c1-26-9-8-23-19(25)17-12-28-20(24-17)15-4-2-3-5-18(15)27-11-13-6-7-14(21)10-16(13)22/h2-7,10,12H,8-9,11H2,1H3,(H,23,25). The molecule has 0 bridgehead atoms. The normalized spacial score (nSPS) is 10.7. The van der Waals surface area contributed by atoms with Crippen LogP contribution in [0.1, 0.15) is 16.1 Å². The molecule has 0 unspecified atom stereocenters. The Morgan fingerprint density at radius 2 is 2.04 bits per heavy atom. The fraction of sp³-hybridized carbons (Fsp3) is 0.200. The summed E-state index contributed by atoms with van der Waals surface area (Å²) < 4.78 is 10.9. The van der Waals surface area contributed by atoms with Crippen LogP contribution in [0.4, 0.5) is 0 Å². The highest BCUT2D eigenvalue weighted by Gasteiger charge is 2.15. The van der Waals surface area contributed by atoms with Crippen LogP contribution >= 0.6 is 34.5 Å². The fourth-order valence-electron chi connectivity index (χ4n) is 2.42. The number of hydrogen-bond donors (Lipinski definition) is 1. The summed E-state index contributed by atoms with van der Waals surface area (Å²) in [6.45, 7) is 1.18. The van der Waals surface area contributed by atoms with Crippen molar-refractivity contribution in [3.8, 4) is 16.3 Å². The van der Waals surface area contributed by atoms with Crippen LogP contribution in [-0.4, -0.2) is 31.2 Å². The summed E-state index contributed by atoms with van der Waals surface area (Å²) in [5.41, 5.74) is 2.01. The van der Waals surface area contributed by atoms with Crippen LogP contribution < -0.4 is 10.1 Å². The number of nitrogens with one attached hydrogen (secondary N) is 1. The van der Waals surface area contributed by atoms with E-state index in [0.717, 1.165) is 11.1 Å². The molecule has 0 radical (unpaired) electrons. The molecule has 0 aliphatic carbocycles. The molecule has 146 valence electrons. The number of nitrogens with zero attached hydrogens (tertiary/aromatic N) is 1. The third kappa shape index (κ3) is 5.23. The van der Waals surface area contributed by atoms with Gasteiger partial charge in [0.25, 0.3) is 5.91 Å². The van der Waals surface area contributed by atoms with Crippen molar-refractivity contribution in [1.82, 2.24) is 10.3 Å². The van der Waals surface area contributed by atoms with Gasteiger partial charge < -0.3 is 14.8 Å².